The molecule has 1 amide bonds. The van der Waals surface area contributed by atoms with Crippen molar-refractivity contribution in [2.45, 2.75) is 32.7 Å². The number of nitrogen functional groups attached to an aromatic ring is 1. The Kier molecular flexibility index (Phi) is 7.15. The minimum atomic E-state index is -0.0366. The van der Waals surface area contributed by atoms with Gasteiger partial charge in [-0.2, -0.15) is 11.8 Å². The quantitative estimate of drug-likeness (QED) is 0.771. The van der Waals surface area contributed by atoms with Crippen LogP contribution in [0.1, 0.15) is 36.4 Å². The number of nitrogens with two attached hydrogens (primary N) is 1. The summed E-state index contributed by atoms with van der Waals surface area (Å²) in [5.74, 6) is 1.22. The average molecular weight is 316 g/mol. The molecular formula is C13H24N4OS2. The average Bonchev–Trinajstić information content (AvgIpc) is 2.82. The van der Waals surface area contributed by atoms with Gasteiger partial charge < -0.3 is 16.0 Å². The zero-order valence-electron chi connectivity index (χ0n) is 12.6. The topological polar surface area (TPSA) is 71.2 Å². The standard InChI is InChI=1S/C13H24N4OS2/c1-5-7-15-13-16-11(14)10(20-13)12(18)17(3)9(6-2)8-19-4/h9H,5-8,14H2,1-4H3,(H,15,16). The summed E-state index contributed by atoms with van der Waals surface area (Å²) in [6.07, 6.45) is 3.99. The number of carbonyl (C=O) groups is 1. The van der Waals surface area contributed by atoms with Crippen molar-refractivity contribution in [2.24, 2.45) is 0 Å². The van der Waals surface area contributed by atoms with Crippen LogP contribution in [0.25, 0.3) is 0 Å². The fourth-order valence-corrected chi connectivity index (χ4v) is 3.55. The summed E-state index contributed by atoms with van der Waals surface area (Å²) in [5.41, 5.74) is 5.87. The number of amides is 1. The summed E-state index contributed by atoms with van der Waals surface area (Å²) >= 11 is 3.08. The maximum absolute atomic E-state index is 12.5. The molecule has 0 aromatic carbocycles. The molecule has 0 radical (unpaired) electrons. The van der Waals surface area contributed by atoms with Crippen molar-refractivity contribution >= 4 is 40.0 Å². The first-order valence-corrected chi connectivity index (χ1v) is 9.02. The lowest BCUT2D eigenvalue weighted by Crippen LogP contribution is -2.38. The number of hydrogen-bond donors (Lipinski definition) is 2. The van der Waals surface area contributed by atoms with Crippen molar-refractivity contribution in [1.82, 2.24) is 9.88 Å². The van der Waals surface area contributed by atoms with E-state index in [9.17, 15) is 4.79 Å². The minimum absolute atomic E-state index is 0.0366. The second-order valence-corrected chi connectivity index (χ2v) is 6.50. The first-order valence-electron chi connectivity index (χ1n) is 6.81. The molecule has 1 unspecified atom stereocenters. The van der Waals surface area contributed by atoms with Crippen LogP contribution in [0, 0.1) is 0 Å². The number of anilines is 2. The molecule has 1 atom stereocenters. The van der Waals surface area contributed by atoms with E-state index >= 15 is 0 Å². The van der Waals surface area contributed by atoms with Crippen LogP contribution in [-0.4, -0.2) is 47.4 Å². The van der Waals surface area contributed by atoms with Gasteiger partial charge >= 0.3 is 0 Å². The second-order valence-electron chi connectivity index (χ2n) is 4.59. The lowest BCUT2D eigenvalue weighted by atomic mass is 10.2. The van der Waals surface area contributed by atoms with E-state index in [1.165, 1.54) is 11.3 Å². The molecular weight excluding hydrogens is 292 g/mol. The highest BCUT2D eigenvalue weighted by Crippen LogP contribution is 2.27. The van der Waals surface area contributed by atoms with Crippen LogP contribution in [-0.2, 0) is 0 Å². The van der Waals surface area contributed by atoms with Crippen molar-refractivity contribution in [3.8, 4) is 0 Å². The van der Waals surface area contributed by atoms with E-state index < -0.39 is 0 Å². The summed E-state index contributed by atoms with van der Waals surface area (Å²) < 4.78 is 0. The van der Waals surface area contributed by atoms with Crippen molar-refractivity contribution in [2.75, 3.05) is 36.7 Å². The van der Waals surface area contributed by atoms with Crippen molar-refractivity contribution < 1.29 is 4.79 Å². The van der Waals surface area contributed by atoms with Gasteiger partial charge in [0.2, 0.25) is 0 Å². The van der Waals surface area contributed by atoms with Gasteiger partial charge in [0.15, 0.2) is 5.13 Å². The van der Waals surface area contributed by atoms with Crippen LogP contribution in [0.2, 0.25) is 0 Å². The van der Waals surface area contributed by atoms with Gasteiger partial charge in [-0.25, -0.2) is 4.98 Å². The number of aromatic nitrogens is 1. The normalized spacial score (nSPS) is 12.2. The van der Waals surface area contributed by atoms with Gasteiger partial charge in [0, 0.05) is 25.4 Å². The third-order valence-electron chi connectivity index (χ3n) is 3.07. The molecule has 0 saturated heterocycles. The molecule has 0 aliphatic rings. The van der Waals surface area contributed by atoms with Gasteiger partial charge in [0.1, 0.15) is 10.7 Å². The predicted octanol–water partition coefficient (Wildman–Crippen LogP) is 2.76. The van der Waals surface area contributed by atoms with E-state index in [1.807, 2.05) is 7.05 Å². The molecule has 1 rings (SSSR count). The third kappa shape index (κ3) is 4.28. The molecule has 0 bridgehead atoms. The Morgan fingerprint density at radius 1 is 1.55 bits per heavy atom. The molecule has 0 aliphatic heterocycles. The first-order chi connectivity index (χ1) is 9.54. The van der Waals surface area contributed by atoms with Crippen LogP contribution >= 0.6 is 23.1 Å². The second kappa shape index (κ2) is 8.36. The van der Waals surface area contributed by atoms with E-state index in [4.69, 9.17) is 5.73 Å². The lowest BCUT2D eigenvalue weighted by molar-refractivity contribution is 0.0749. The number of hydrogen-bond acceptors (Lipinski definition) is 6. The van der Waals surface area contributed by atoms with E-state index in [-0.39, 0.29) is 11.9 Å². The molecule has 0 saturated carbocycles. The molecule has 1 aromatic heterocycles. The summed E-state index contributed by atoms with van der Waals surface area (Å²) in [6.45, 7) is 5.01. The maximum Gasteiger partial charge on any atom is 0.267 e. The number of thiazole rings is 1. The third-order valence-corrected chi connectivity index (χ3v) is 4.81. The maximum atomic E-state index is 12.5. The fraction of sp³-hybridized carbons (Fsp3) is 0.692. The molecule has 3 N–H and O–H groups in total. The van der Waals surface area contributed by atoms with Crippen LogP contribution in [0.15, 0.2) is 0 Å². The SMILES string of the molecule is CCCNc1nc(N)c(C(=O)N(C)C(CC)CSC)s1. The zero-order chi connectivity index (χ0) is 15.1. The Hall–Kier alpha value is -0.950. The van der Waals surface area contributed by atoms with Crippen LogP contribution in [0.5, 0.6) is 0 Å². The summed E-state index contributed by atoms with van der Waals surface area (Å²) in [7, 11) is 1.84. The van der Waals surface area contributed by atoms with Crippen LogP contribution in [0.3, 0.4) is 0 Å². The summed E-state index contributed by atoms with van der Waals surface area (Å²) in [6, 6.07) is 0.228. The van der Waals surface area contributed by atoms with E-state index in [1.54, 1.807) is 16.7 Å². The van der Waals surface area contributed by atoms with E-state index in [0.717, 1.165) is 30.3 Å². The summed E-state index contributed by atoms with van der Waals surface area (Å²) in [5, 5.41) is 3.89. The van der Waals surface area contributed by atoms with Crippen molar-refractivity contribution in [1.29, 1.82) is 0 Å². The minimum Gasteiger partial charge on any atom is -0.382 e. The van der Waals surface area contributed by atoms with Crippen molar-refractivity contribution in [3.05, 3.63) is 4.88 Å². The summed E-state index contributed by atoms with van der Waals surface area (Å²) in [4.78, 5) is 19.0. The molecule has 5 nitrogen and oxygen atoms in total. The fourth-order valence-electron chi connectivity index (χ4n) is 1.81. The van der Waals surface area contributed by atoms with Gasteiger partial charge in [0.25, 0.3) is 5.91 Å². The monoisotopic (exact) mass is 316 g/mol. The Morgan fingerprint density at radius 2 is 2.25 bits per heavy atom. The Balaban J connectivity index is 2.82. The number of carbonyl (C=O) groups excluding carboxylic acids is 1. The number of rotatable bonds is 8. The first kappa shape index (κ1) is 17.1. The highest BCUT2D eigenvalue weighted by molar-refractivity contribution is 7.98. The number of nitrogens with one attached hydrogen (secondary N) is 1. The molecule has 7 heteroatoms. The predicted molar refractivity (Wildman–Crippen MR) is 89.9 cm³/mol. The van der Waals surface area contributed by atoms with Crippen molar-refractivity contribution in [3.63, 3.8) is 0 Å². The van der Waals surface area contributed by atoms with Crippen LogP contribution < -0.4 is 11.1 Å². The molecule has 0 fully saturated rings. The zero-order valence-corrected chi connectivity index (χ0v) is 14.2. The van der Waals surface area contributed by atoms with Gasteiger partial charge in [-0.1, -0.05) is 25.2 Å². The number of nitrogens with zero attached hydrogens (tertiary/aromatic N) is 2. The molecule has 0 aliphatic carbocycles. The van der Waals surface area contributed by atoms with E-state index in [2.05, 4.69) is 30.4 Å². The largest absolute Gasteiger partial charge is 0.382 e. The molecule has 1 heterocycles. The van der Waals surface area contributed by atoms with Gasteiger partial charge in [-0.15, -0.1) is 0 Å². The van der Waals surface area contributed by atoms with Crippen LogP contribution in [0.4, 0.5) is 10.9 Å². The van der Waals surface area contributed by atoms with Gasteiger partial charge in [-0.05, 0) is 19.1 Å². The Morgan fingerprint density at radius 3 is 2.80 bits per heavy atom. The molecule has 20 heavy (non-hydrogen) atoms. The molecule has 114 valence electrons. The smallest absolute Gasteiger partial charge is 0.267 e. The lowest BCUT2D eigenvalue weighted by Gasteiger charge is -2.26. The highest BCUT2D eigenvalue weighted by atomic mass is 32.2. The highest BCUT2D eigenvalue weighted by Gasteiger charge is 2.24. The van der Waals surface area contributed by atoms with Gasteiger partial charge in [0.05, 0.1) is 0 Å². The Bertz CT molecular complexity index is 436. The number of thioether (sulfide) groups is 1. The molecule has 1 aromatic rings. The van der Waals surface area contributed by atoms with Gasteiger partial charge in [-0.3, -0.25) is 4.79 Å². The molecule has 0 spiro atoms. The Labute approximate surface area is 129 Å². The van der Waals surface area contributed by atoms with E-state index in [0.29, 0.717) is 10.7 Å².